The normalized spacial score (nSPS) is 9.81. The summed E-state index contributed by atoms with van der Waals surface area (Å²) < 4.78 is 5.55. The van der Waals surface area contributed by atoms with Gasteiger partial charge in [0.05, 0.1) is 11.6 Å². The maximum atomic E-state index is 8.93. The first kappa shape index (κ1) is 12.9. The molecule has 16 heavy (non-hydrogen) atoms. The Morgan fingerprint density at radius 1 is 1.31 bits per heavy atom. The van der Waals surface area contributed by atoms with E-state index < -0.39 is 0 Å². The van der Waals surface area contributed by atoms with Gasteiger partial charge in [0.1, 0.15) is 17.4 Å². The van der Waals surface area contributed by atoms with Gasteiger partial charge in [-0.3, -0.25) is 0 Å². The number of ether oxygens (including phenoxy) is 1. The van der Waals surface area contributed by atoms with E-state index in [1.165, 1.54) is 19.3 Å². The summed E-state index contributed by atoms with van der Waals surface area (Å²) >= 11 is 5.89. The minimum atomic E-state index is 0.430. The number of unbranched alkanes of at least 4 members (excludes halogenated alkanes) is 3. The lowest BCUT2D eigenvalue weighted by atomic mass is 10.2. The van der Waals surface area contributed by atoms with Crippen LogP contribution in [0.1, 0.15) is 38.2 Å². The molecule has 0 spiro atoms. The Balaban J connectivity index is 2.48. The molecule has 1 aromatic carbocycles. The van der Waals surface area contributed by atoms with Gasteiger partial charge in [-0.2, -0.15) is 5.26 Å². The van der Waals surface area contributed by atoms with E-state index in [2.05, 4.69) is 13.0 Å². The number of hydrogen-bond donors (Lipinski definition) is 0. The minimum absolute atomic E-state index is 0.430. The molecule has 0 unspecified atom stereocenters. The van der Waals surface area contributed by atoms with Crippen molar-refractivity contribution in [3.63, 3.8) is 0 Å². The molecule has 0 aliphatic carbocycles. The topological polar surface area (TPSA) is 33.0 Å². The van der Waals surface area contributed by atoms with Crippen LogP contribution in [0.4, 0.5) is 0 Å². The summed E-state index contributed by atoms with van der Waals surface area (Å²) in [4.78, 5) is 0. The highest BCUT2D eigenvalue weighted by molar-refractivity contribution is 6.31. The molecule has 1 aromatic rings. The van der Waals surface area contributed by atoms with Crippen molar-refractivity contribution in [2.45, 2.75) is 32.6 Å². The van der Waals surface area contributed by atoms with Crippen LogP contribution >= 0.6 is 11.6 Å². The van der Waals surface area contributed by atoms with Crippen molar-refractivity contribution < 1.29 is 4.74 Å². The quantitative estimate of drug-likeness (QED) is 0.696. The van der Waals surface area contributed by atoms with Crippen molar-refractivity contribution in [3.8, 4) is 11.8 Å². The zero-order valence-electron chi connectivity index (χ0n) is 9.50. The molecule has 2 nitrogen and oxygen atoms in total. The fourth-order valence-electron chi connectivity index (χ4n) is 1.44. The van der Waals surface area contributed by atoms with E-state index in [9.17, 15) is 0 Å². The van der Waals surface area contributed by atoms with E-state index in [1.807, 2.05) is 0 Å². The minimum Gasteiger partial charge on any atom is -0.492 e. The highest BCUT2D eigenvalue weighted by Gasteiger charge is 2.06. The fraction of sp³-hybridized carbons (Fsp3) is 0.462. The molecule has 0 saturated carbocycles. The second kappa shape index (κ2) is 7.14. The Hall–Kier alpha value is -1.20. The van der Waals surface area contributed by atoms with Crippen LogP contribution in [-0.2, 0) is 0 Å². The first-order valence-electron chi connectivity index (χ1n) is 5.61. The third-order valence-electron chi connectivity index (χ3n) is 2.34. The molecule has 0 radical (unpaired) electrons. The van der Waals surface area contributed by atoms with Crippen LogP contribution in [0.25, 0.3) is 0 Å². The van der Waals surface area contributed by atoms with Crippen molar-refractivity contribution in [1.29, 1.82) is 5.26 Å². The van der Waals surface area contributed by atoms with Gasteiger partial charge >= 0.3 is 0 Å². The van der Waals surface area contributed by atoms with Gasteiger partial charge in [0.2, 0.25) is 0 Å². The van der Waals surface area contributed by atoms with Gasteiger partial charge < -0.3 is 4.74 Å². The lowest BCUT2D eigenvalue weighted by molar-refractivity contribution is 0.304. The Morgan fingerprint density at radius 3 is 2.81 bits per heavy atom. The number of hydrogen-bond acceptors (Lipinski definition) is 2. The molecule has 0 atom stereocenters. The fourth-order valence-corrected chi connectivity index (χ4v) is 1.65. The van der Waals surface area contributed by atoms with Crippen LogP contribution in [0.5, 0.6) is 5.75 Å². The smallest absolute Gasteiger partial charge is 0.138 e. The summed E-state index contributed by atoms with van der Waals surface area (Å²) in [6.45, 7) is 2.82. The SMILES string of the molecule is CCCCCCOc1cccc(Cl)c1C#N. The van der Waals surface area contributed by atoms with Crippen LogP contribution in [-0.4, -0.2) is 6.61 Å². The zero-order valence-corrected chi connectivity index (χ0v) is 10.3. The largest absolute Gasteiger partial charge is 0.492 e. The molecular weight excluding hydrogens is 222 g/mol. The molecule has 0 N–H and O–H groups in total. The van der Waals surface area contributed by atoms with Crippen molar-refractivity contribution in [2.75, 3.05) is 6.61 Å². The van der Waals surface area contributed by atoms with E-state index in [4.69, 9.17) is 21.6 Å². The second-order valence-corrected chi connectivity index (χ2v) is 4.04. The highest BCUT2D eigenvalue weighted by Crippen LogP contribution is 2.25. The average molecular weight is 238 g/mol. The number of halogens is 1. The Kier molecular flexibility index (Phi) is 5.74. The van der Waals surface area contributed by atoms with E-state index in [1.54, 1.807) is 18.2 Å². The van der Waals surface area contributed by atoms with Gasteiger partial charge in [0.15, 0.2) is 0 Å². The molecule has 86 valence electrons. The van der Waals surface area contributed by atoms with Crippen LogP contribution in [0, 0.1) is 11.3 Å². The molecule has 0 saturated heterocycles. The van der Waals surface area contributed by atoms with Crippen LogP contribution < -0.4 is 4.74 Å². The predicted molar refractivity (Wildman–Crippen MR) is 65.8 cm³/mol. The number of nitrogens with zero attached hydrogens (tertiary/aromatic N) is 1. The van der Waals surface area contributed by atoms with Gasteiger partial charge in [0, 0.05) is 0 Å². The second-order valence-electron chi connectivity index (χ2n) is 3.63. The molecule has 0 amide bonds. The van der Waals surface area contributed by atoms with Crippen molar-refractivity contribution in [3.05, 3.63) is 28.8 Å². The third-order valence-corrected chi connectivity index (χ3v) is 2.66. The van der Waals surface area contributed by atoms with Crippen LogP contribution in [0.2, 0.25) is 5.02 Å². The lowest BCUT2D eigenvalue weighted by Crippen LogP contribution is -1.99. The molecule has 3 heteroatoms. The molecule has 1 rings (SSSR count). The first-order chi connectivity index (χ1) is 7.79. The standard InChI is InChI=1S/C13H16ClNO/c1-2-3-4-5-9-16-13-8-6-7-12(14)11(13)10-15/h6-8H,2-5,9H2,1H3. The highest BCUT2D eigenvalue weighted by atomic mass is 35.5. The molecule has 0 aliphatic rings. The molecule has 0 bridgehead atoms. The van der Waals surface area contributed by atoms with Crippen molar-refractivity contribution >= 4 is 11.6 Å². The summed E-state index contributed by atoms with van der Waals surface area (Å²) in [6.07, 6.45) is 4.62. The van der Waals surface area contributed by atoms with Crippen molar-refractivity contribution in [1.82, 2.24) is 0 Å². The summed E-state index contributed by atoms with van der Waals surface area (Å²) in [5.41, 5.74) is 0.430. The average Bonchev–Trinajstić information content (AvgIpc) is 2.29. The number of nitriles is 1. The number of rotatable bonds is 6. The van der Waals surface area contributed by atoms with E-state index in [0.29, 0.717) is 22.9 Å². The lowest BCUT2D eigenvalue weighted by Gasteiger charge is -2.08. The van der Waals surface area contributed by atoms with E-state index >= 15 is 0 Å². The summed E-state index contributed by atoms with van der Waals surface area (Å²) in [5, 5.41) is 9.38. The maximum Gasteiger partial charge on any atom is 0.138 e. The Labute approximate surface area is 102 Å². The number of benzene rings is 1. The molecular formula is C13H16ClNO. The summed E-state index contributed by atoms with van der Waals surface area (Å²) in [7, 11) is 0. The summed E-state index contributed by atoms with van der Waals surface area (Å²) in [6, 6.07) is 7.34. The third kappa shape index (κ3) is 3.75. The Bertz CT molecular complexity index is 371. The van der Waals surface area contributed by atoms with E-state index in [0.717, 1.165) is 6.42 Å². The molecule has 0 fully saturated rings. The van der Waals surface area contributed by atoms with Gasteiger partial charge in [-0.1, -0.05) is 43.9 Å². The van der Waals surface area contributed by atoms with Crippen LogP contribution in [0.15, 0.2) is 18.2 Å². The van der Waals surface area contributed by atoms with Crippen LogP contribution in [0.3, 0.4) is 0 Å². The van der Waals surface area contributed by atoms with Gasteiger partial charge in [-0.15, -0.1) is 0 Å². The Morgan fingerprint density at radius 2 is 2.12 bits per heavy atom. The van der Waals surface area contributed by atoms with Gasteiger partial charge in [-0.05, 0) is 18.6 Å². The zero-order chi connectivity index (χ0) is 11.8. The molecule has 0 aromatic heterocycles. The monoisotopic (exact) mass is 237 g/mol. The molecule has 0 heterocycles. The van der Waals surface area contributed by atoms with Gasteiger partial charge in [0.25, 0.3) is 0 Å². The maximum absolute atomic E-state index is 8.93. The van der Waals surface area contributed by atoms with Gasteiger partial charge in [-0.25, -0.2) is 0 Å². The summed E-state index contributed by atoms with van der Waals surface area (Å²) in [5.74, 6) is 0.589. The van der Waals surface area contributed by atoms with Crippen molar-refractivity contribution in [2.24, 2.45) is 0 Å². The molecule has 0 aliphatic heterocycles. The predicted octanol–water partition coefficient (Wildman–Crippen LogP) is 4.17. The first-order valence-corrected chi connectivity index (χ1v) is 5.98. The van der Waals surface area contributed by atoms with E-state index in [-0.39, 0.29) is 0 Å².